The molecule has 0 bridgehead atoms. The molecule has 1 atom stereocenters. The summed E-state index contributed by atoms with van der Waals surface area (Å²) in [4.78, 5) is 29.3. The van der Waals surface area contributed by atoms with Gasteiger partial charge in [0.1, 0.15) is 15.9 Å². The molecule has 0 saturated heterocycles. The number of unbranched alkanes of at least 4 members (excludes halogenated alkanes) is 1. The van der Waals surface area contributed by atoms with E-state index in [2.05, 4.69) is 15.6 Å². The molecule has 1 fully saturated rings. The van der Waals surface area contributed by atoms with Crippen molar-refractivity contribution in [3.8, 4) is 0 Å². The highest BCUT2D eigenvalue weighted by Gasteiger charge is 2.41. The Morgan fingerprint density at radius 2 is 1.78 bits per heavy atom. The number of nitrogens with one attached hydrogen (secondary N) is 2. The summed E-state index contributed by atoms with van der Waals surface area (Å²) in [7, 11) is -3.05. The van der Waals surface area contributed by atoms with Crippen molar-refractivity contribution in [3.05, 3.63) is 58.4 Å². The third-order valence-corrected chi connectivity index (χ3v) is 8.91. The zero-order valence-electron chi connectivity index (χ0n) is 23.1. The summed E-state index contributed by atoms with van der Waals surface area (Å²) in [5, 5.41) is 15.3. The Labute approximate surface area is 243 Å². The van der Waals surface area contributed by atoms with E-state index < -0.39 is 45.1 Å². The lowest BCUT2D eigenvalue weighted by atomic mass is 9.65. The lowest BCUT2D eigenvalue weighted by Gasteiger charge is -2.43. The second kappa shape index (κ2) is 12.8. The van der Waals surface area contributed by atoms with Crippen LogP contribution in [0.2, 0.25) is 0 Å². The maximum Gasteiger partial charge on any atom is 0.417 e. The molecular weight excluding hydrogens is 579 g/mol. The Hall–Kier alpha value is -3.06. The van der Waals surface area contributed by atoms with Crippen molar-refractivity contribution in [1.82, 2.24) is 10.3 Å². The number of hydrogen-bond donors (Lipinski definition) is 3. The number of pyridine rings is 1. The summed E-state index contributed by atoms with van der Waals surface area (Å²) in [6.07, 6.45) is 0.990. The minimum Gasteiger partial charge on any atom is -0.480 e. The van der Waals surface area contributed by atoms with Crippen LogP contribution in [0.1, 0.15) is 71.4 Å². The number of alkyl halides is 3. The number of amides is 1. The third-order valence-electron chi connectivity index (χ3n) is 7.33. The number of carbonyl (C=O) groups is 2. The number of carboxylic acid groups (broad SMARTS) is 1. The van der Waals surface area contributed by atoms with Gasteiger partial charge in [0, 0.05) is 35.2 Å². The molecule has 1 heterocycles. The largest absolute Gasteiger partial charge is 0.480 e. The summed E-state index contributed by atoms with van der Waals surface area (Å²) >= 11 is 5.62. The van der Waals surface area contributed by atoms with E-state index in [1.807, 2.05) is 0 Å². The minimum atomic E-state index is -4.73. The number of nitrogens with zero attached hydrogens (tertiary/aromatic N) is 1. The van der Waals surface area contributed by atoms with Gasteiger partial charge in [-0.3, -0.25) is 9.78 Å². The Balaban J connectivity index is 1.65. The molecule has 3 rings (SSSR count). The van der Waals surface area contributed by atoms with Gasteiger partial charge >= 0.3 is 12.1 Å². The molecule has 1 saturated carbocycles. The molecule has 13 heteroatoms. The second-order valence-corrected chi connectivity index (χ2v) is 13.4. The molecule has 3 N–H and O–H groups in total. The van der Waals surface area contributed by atoms with E-state index in [9.17, 15) is 36.3 Å². The molecule has 1 aromatic carbocycles. The number of hydrogen-bond acceptors (Lipinski definition) is 6. The normalized spacial score (nSPS) is 15.5. The number of aliphatic carboxylic acids is 1. The Morgan fingerprint density at radius 1 is 1.15 bits per heavy atom. The minimum absolute atomic E-state index is 0.0441. The van der Waals surface area contributed by atoms with E-state index in [-0.39, 0.29) is 34.7 Å². The van der Waals surface area contributed by atoms with Crippen molar-refractivity contribution in [3.63, 3.8) is 0 Å². The number of sulfone groups is 1. The number of aromatic nitrogens is 1. The van der Waals surface area contributed by atoms with E-state index in [0.29, 0.717) is 29.8 Å². The van der Waals surface area contributed by atoms with Crippen molar-refractivity contribution in [2.75, 3.05) is 17.3 Å². The Morgan fingerprint density at radius 3 is 2.29 bits per heavy atom. The van der Waals surface area contributed by atoms with Crippen LogP contribution in [0.25, 0.3) is 0 Å². The van der Waals surface area contributed by atoms with E-state index in [1.54, 1.807) is 12.1 Å². The van der Waals surface area contributed by atoms with Gasteiger partial charge < -0.3 is 15.7 Å². The molecule has 1 aromatic heterocycles. The zero-order chi connectivity index (χ0) is 30.6. The third kappa shape index (κ3) is 8.71. The first kappa shape index (κ1) is 32.5. The molecule has 0 radical (unpaired) electrons. The van der Waals surface area contributed by atoms with E-state index in [4.69, 9.17) is 12.2 Å². The average molecular weight is 614 g/mol. The van der Waals surface area contributed by atoms with E-state index in [1.165, 1.54) is 32.2 Å². The monoisotopic (exact) mass is 613 g/mol. The quantitative estimate of drug-likeness (QED) is 0.219. The van der Waals surface area contributed by atoms with Crippen LogP contribution in [0.3, 0.4) is 0 Å². The molecule has 224 valence electrons. The molecule has 1 aliphatic rings. The lowest BCUT2D eigenvalue weighted by molar-refractivity contribution is -0.139. The van der Waals surface area contributed by atoms with Crippen LogP contribution in [0.15, 0.2) is 30.3 Å². The molecule has 1 amide bonds. The number of halogens is 3. The van der Waals surface area contributed by atoms with E-state index in [0.717, 1.165) is 25.3 Å². The van der Waals surface area contributed by atoms with Crippen molar-refractivity contribution in [2.24, 2.45) is 5.41 Å². The van der Waals surface area contributed by atoms with Crippen LogP contribution < -0.4 is 10.6 Å². The second-order valence-electron chi connectivity index (χ2n) is 10.7. The Bertz CT molecular complexity index is 1410. The van der Waals surface area contributed by atoms with Gasteiger partial charge in [0.2, 0.25) is 0 Å². The zero-order valence-corrected chi connectivity index (χ0v) is 24.7. The van der Waals surface area contributed by atoms with Gasteiger partial charge in [-0.05, 0) is 63.3 Å². The Kier molecular flexibility index (Phi) is 10.2. The standard InChI is InChI=1S/C28H34F3N3O5S2/c1-17-15-21(28(29,30)31)23(18(2)32-17)24(35)33-20-9-7-19(8-10-20)16-22(25(36)37)34-26(40)27(12-6-13-27)11-4-5-14-41(3,38)39/h7-10,15,22H,4-6,11-14,16H2,1-3H3,(H,33,35)(H,34,40)(H,36,37)/t22-/m0/s1. The summed E-state index contributed by atoms with van der Waals surface area (Å²) < 4.78 is 63.5. The summed E-state index contributed by atoms with van der Waals surface area (Å²) in [5.41, 5.74) is -1.01. The number of thiocarbonyl (C=S) groups is 1. The maximum atomic E-state index is 13.6. The van der Waals surface area contributed by atoms with Gasteiger partial charge in [-0.25, -0.2) is 13.2 Å². The van der Waals surface area contributed by atoms with Crippen LogP contribution in [0.4, 0.5) is 18.9 Å². The number of benzene rings is 1. The van der Waals surface area contributed by atoms with Crippen LogP contribution in [0, 0.1) is 19.3 Å². The van der Waals surface area contributed by atoms with Crippen molar-refractivity contribution < 1.29 is 36.3 Å². The predicted octanol–water partition coefficient (Wildman–Crippen LogP) is 5.27. The molecule has 1 aliphatic carbocycles. The number of aryl methyl sites for hydroxylation is 2. The fourth-order valence-corrected chi connectivity index (χ4v) is 6.20. The van der Waals surface area contributed by atoms with Crippen LogP contribution >= 0.6 is 12.2 Å². The number of carbonyl (C=O) groups excluding carboxylic acids is 1. The van der Waals surface area contributed by atoms with Gasteiger partial charge in [0.15, 0.2) is 0 Å². The van der Waals surface area contributed by atoms with Crippen molar-refractivity contribution >= 4 is 44.6 Å². The molecule has 8 nitrogen and oxygen atoms in total. The SMILES string of the molecule is Cc1cc(C(F)(F)F)c(C(=O)Nc2ccc(C[C@H](NC(=S)C3(CCCCS(C)(=O)=O)CCC3)C(=O)O)cc2)c(C)n1. The van der Waals surface area contributed by atoms with Gasteiger partial charge in [-0.1, -0.05) is 37.2 Å². The van der Waals surface area contributed by atoms with Crippen LogP contribution in [0.5, 0.6) is 0 Å². The highest BCUT2D eigenvalue weighted by atomic mass is 32.2. The summed E-state index contributed by atoms with van der Waals surface area (Å²) in [6, 6.07) is 5.97. The summed E-state index contributed by atoms with van der Waals surface area (Å²) in [5.74, 6) is -1.95. The van der Waals surface area contributed by atoms with Crippen molar-refractivity contribution in [1.29, 1.82) is 0 Å². The van der Waals surface area contributed by atoms with Gasteiger partial charge in [0.25, 0.3) is 5.91 Å². The van der Waals surface area contributed by atoms with Gasteiger partial charge in [0.05, 0.1) is 21.8 Å². The number of carboxylic acids is 1. The van der Waals surface area contributed by atoms with Crippen LogP contribution in [-0.2, 0) is 27.2 Å². The summed E-state index contributed by atoms with van der Waals surface area (Å²) in [6.45, 7) is 2.76. The smallest absolute Gasteiger partial charge is 0.417 e. The first-order valence-corrected chi connectivity index (χ1v) is 15.6. The maximum absolute atomic E-state index is 13.6. The predicted molar refractivity (Wildman–Crippen MR) is 154 cm³/mol. The fourth-order valence-electron chi connectivity index (χ4n) is 5.03. The molecule has 0 spiro atoms. The van der Waals surface area contributed by atoms with Gasteiger partial charge in [-0.2, -0.15) is 13.2 Å². The fraction of sp³-hybridized carbons (Fsp3) is 0.500. The topological polar surface area (TPSA) is 125 Å². The highest BCUT2D eigenvalue weighted by Crippen LogP contribution is 2.46. The number of anilines is 1. The van der Waals surface area contributed by atoms with Gasteiger partial charge in [-0.15, -0.1) is 0 Å². The first-order valence-electron chi connectivity index (χ1n) is 13.2. The molecule has 0 aliphatic heterocycles. The van der Waals surface area contributed by atoms with Crippen molar-refractivity contribution in [2.45, 2.75) is 71.0 Å². The molecule has 41 heavy (non-hydrogen) atoms. The highest BCUT2D eigenvalue weighted by molar-refractivity contribution is 7.90. The average Bonchev–Trinajstić information content (AvgIpc) is 2.81. The van der Waals surface area contributed by atoms with Crippen LogP contribution in [-0.4, -0.2) is 53.4 Å². The number of rotatable bonds is 12. The van der Waals surface area contributed by atoms with E-state index >= 15 is 0 Å². The molecule has 0 unspecified atom stereocenters. The lowest BCUT2D eigenvalue weighted by Crippen LogP contribution is -2.51. The molecular formula is C28H34F3N3O5S2. The molecule has 2 aromatic rings. The first-order chi connectivity index (χ1) is 19.0.